The first kappa shape index (κ1) is 35.3. The van der Waals surface area contributed by atoms with Gasteiger partial charge in [-0.05, 0) is 109 Å². The maximum atomic E-state index is 6.85. The van der Waals surface area contributed by atoms with Gasteiger partial charge < -0.3 is 9.32 Å². The molecular weight excluding hydrogens is 739 g/mol. The molecule has 1 aliphatic carbocycles. The minimum Gasteiger partial charge on any atom is -0.455 e. The summed E-state index contributed by atoms with van der Waals surface area (Å²) in [6.45, 7) is 4.71. The summed E-state index contributed by atoms with van der Waals surface area (Å²) in [4.78, 5) is 2.47. The Morgan fingerprint density at radius 3 is 1.77 bits per heavy atom. The second-order valence-electron chi connectivity index (χ2n) is 16.9. The summed E-state index contributed by atoms with van der Waals surface area (Å²) in [5.41, 5.74) is 17.2. The number of hydrogen-bond acceptors (Lipinski definition) is 2. The third-order valence-electron chi connectivity index (χ3n) is 13.0. The van der Waals surface area contributed by atoms with Crippen molar-refractivity contribution < 1.29 is 4.42 Å². The Balaban J connectivity index is 1.04. The lowest BCUT2D eigenvalue weighted by molar-refractivity contribution is 0.660. The lowest BCUT2D eigenvalue weighted by Crippen LogP contribution is -2.16. The Morgan fingerprint density at radius 2 is 0.951 bits per heavy atom. The van der Waals surface area contributed by atoms with Gasteiger partial charge in [0.15, 0.2) is 0 Å². The van der Waals surface area contributed by atoms with Crippen LogP contribution >= 0.6 is 0 Å². The fraction of sp³-hybridized carbons (Fsp3) is 0.0508. The molecule has 12 rings (SSSR count). The van der Waals surface area contributed by atoms with Gasteiger partial charge in [-0.1, -0.05) is 178 Å². The van der Waals surface area contributed by atoms with E-state index in [-0.39, 0.29) is 5.41 Å². The summed E-state index contributed by atoms with van der Waals surface area (Å²) >= 11 is 0. The number of furan rings is 1. The Kier molecular flexibility index (Phi) is 7.92. The van der Waals surface area contributed by atoms with E-state index in [1.807, 2.05) is 0 Å². The van der Waals surface area contributed by atoms with Gasteiger partial charge >= 0.3 is 0 Å². The van der Waals surface area contributed by atoms with Crippen molar-refractivity contribution in [2.75, 3.05) is 4.90 Å². The van der Waals surface area contributed by atoms with E-state index in [4.69, 9.17) is 4.42 Å². The molecule has 11 aromatic rings. The van der Waals surface area contributed by atoms with Gasteiger partial charge in [-0.2, -0.15) is 0 Å². The summed E-state index contributed by atoms with van der Waals surface area (Å²) in [6, 6.07) is 77.4. The third kappa shape index (κ3) is 5.64. The average Bonchev–Trinajstić information content (AvgIpc) is 3.80. The standard InChI is InChI=1S/C59H41NO/c1-59(2)52-24-9-7-21-50(52)57-53(59)25-13-27-55(57)60(46-32-30-39(31-33-46)41-18-11-19-42(34-41)45-29-28-38-14-3-4-15-40(38)35-45)54-26-10-8-20-47(54)48-22-12-23-49-51-36-43-16-5-6-17-44(43)37-56(51)61-58(48)49/h3-37H,1-2H3. The van der Waals surface area contributed by atoms with Crippen LogP contribution in [0.4, 0.5) is 17.1 Å². The first-order valence-corrected chi connectivity index (χ1v) is 21.2. The van der Waals surface area contributed by atoms with E-state index >= 15 is 0 Å². The summed E-state index contributed by atoms with van der Waals surface area (Å²) in [5.74, 6) is 0. The second kappa shape index (κ2) is 13.7. The second-order valence-corrected chi connectivity index (χ2v) is 16.9. The molecule has 2 heteroatoms. The van der Waals surface area contributed by atoms with E-state index in [0.717, 1.165) is 50.1 Å². The fourth-order valence-electron chi connectivity index (χ4n) is 9.97. The van der Waals surface area contributed by atoms with E-state index in [0.29, 0.717) is 0 Å². The topological polar surface area (TPSA) is 16.4 Å². The van der Waals surface area contributed by atoms with Gasteiger partial charge in [-0.15, -0.1) is 0 Å². The van der Waals surface area contributed by atoms with Crippen LogP contribution in [0.15, 0.2) is 217 Å². The first-order valence-electron chi connectivity index (χ1n) is 21.2. The van der Waals surface area contributed by atoms with Gasteiger partial charge in [0.05, 0.1) is 11.4 Å². The van der Waals surface area contributed by atoms with Gasteiger partial charge in [0.2, 0.25) is 0 Å². The predicted molar refractivity (Wildman–Crippen MR) is 257 cm³/mol. The number of hydrogen-bond donors (Lipinski definition) is 0. The van der Waals surface area contributed by atoms with Crippen molar-refractivity contribution in [2.24, 2.45) is 0 Å². The molecule has 1 aliphatic rings. The highest BCUT2D eigenvalue weighted by molar-refractivity contribution is 6.14. The smallest absolute Gasteiger partial charge is 0.143 e. The zero-order chi connectivity index (χ0) is 40.7. The molecule has 0 spiro atoms. The normalized spacial score (nSPS) is 12.9. The van der Waals surface area contributed by atoms with Crippen LogP contribution in [0.3, 0.4) is 0 Å². The van der Waals surface area contributed by atoms with Crippen molar-refractivity contribution in [2.45, 2.75) is 19.3 Å². The van der Waals surface area contributed by atoms with Crippen LogP contribution in [0.5, 0.6) is 0 Å². The molecule has 0 fully saturated rings. The number of fused-ring (bicyclic) bond motifs is 8. The Morgan fingerprint density at radius 1 is 0.377 bits per heavy atom. The van der Waals surface area contributed by atoms with Crippen LogP contribution < -0.4 is 4.90 Å². The van der Waals surface area contributed by atoms with Gasteiger partial charge in [0, 0.05) is 38.6 Å². The van der Waals surface area contributed by atoms with Crippen LogP contribution in [0, 0.1) is 0 Å². The van der Waals surface area contributed by atoms with E-state index in [1.165, 1.54) is 66.1 Å². The molecule has 0 amide bonds. The largest absolute Gasteiger partial charge is 0.455 e. The SMILES string of the molecule is CC1(C)c2ccccc2-c2c(N(c3ccc(-c4cccc(-c5ccc6ccccc6c5)c4)cc3)c3ccccc3-c3cccc4c3oc3cc5ccccc5cc34)cccc21. The molecule has 1 aromatic heterocycles. The molecule has 288 valence electrons. The molecule has 0 bridgehead atoms. The number of rotatable bonds is 6. The number of benzene rings is 10. The molecule has 0 unspecified atom stereocenters. The summed E-state index contributed by atoms with van der Waals surface area (Å²) < 4.78 is 6.85. The van der Waals surface area contributed by atoms with Crippen molar-refractivity contribution in [3.63, 3.8) is 0 Å². The van der Waals surface area contributed by atoms with Crippen LogP contribution in [-0.2, 0) is 5.41 Å². The summed E-state index contributed by atoms with van der Waals surface area (Å²) in [6.07, 6.45) is 0. The molecule has 0 N–H and O–H groups in total. The van der Waals surface area contributed by atoms with Crippen molar-refractivity contribution in [3.05, 3.63) is 223 Å². The molecule has 0 atom stereocenters. The van der Waals surface area contributed by atoms with E-state index in [9.17, 15) is 0 Å². The van der Waals surface area contributed by atoms with Crippen molar-refractivity contribution >= 4 is 60.5 Å². The number of nitrogens with zero attached hydrogens (tertiary/aromatic N) is 1. The number of anilines is 3. The van der Waals surface area contributed by atoms with Crippen molar-refractivity contribution in [1.82, 2.24) is 0 Å². The fourth-order valence-corrected chi connectivity index (χ4v) is 9.97. The lowest BCUT2D eigenvalue weighted by Gasteiger charge is -2.30. The molecule has 10 aromatic carbocycles. The van der Waals surface area contributed by atoms with E-state index in [2.05, 4.69) is 231 Å². The third-order valence-corrected chi connectivity index (χ3v) is 13.0. The zero-order valence-electron chi connectivity index (χ0n) is 34.1. The van der Waals surface area contributed by atoms with E-state index in [1.54, 1.807) is 0 Å². The predicted octanol–water partition coefficient (Wildman–Crippen LogP) is 16.7. The quantitative estimate of drug-likeness (QED) is 0.167. The summed E-state index contributed by atoms with van der Waals surface area (Å²) in [7, 11) is 0. The zero-order valence-corrected chi connectivity index (χ0v) is 34.1. The van der Waals surface area contributed by atoms with Crippen molar-refractivity contribution in [1.29, 1.82) is 0 Å². The molecule has 2 nitrogen and oxygen atoms in total. The lowest BCUT2D eigenvalue weighted by atomic mass is 9.82. The Labute approximate surface area is 355 Å². The van der Waals surface area contributed by atoms with Gasteiger partial charge in [-0.3, -0.25) is 0 Å². The van der Waals surface area contributed by atoms with Crippen LogP contribution in [0.25, 0.3) is 88.0 Å². The first-order chi connectivity index (χ1) is 30.0. The minimum absolute atomic E-state index is 0.142. The van der Waals surface area contributed by atoms with Gasteiger partial charge in [0.1, 0.15) is 11.2 Å². The summed E-state index contributed by atoms with van der Waals surface area (Å²) in [5, 5.41) is 7.13. The average molecular weight is 780 g/mol. The van der Waals surface area contributed by atoms with Crippen LogP contribution in [0.2, 0.25) is 0 Å². The molecule has 0 saturated carbocycles. The Bertz CT molecular complexity index is 3520. The van der Waals surface area contributed by atoms with Gasteiger partial charge in [-0.25, -0.2) is 0 Å². The maximum Gasteiger partial charge on any atom is 0.143 e. The minimum atomic E-state index is -0.142. The molecule has 0 aliphatic heterocycles. The monoisotopic (exact) mass is 779 g/mol. The van der Waals surface area contributed by atoms with Crippen LogP contribution in [-0.4, -0.2) is 0 Å². The van der Waals surface area contributed by atoms with Gasteiger partial charge in [0.25, 0.3) is 0 Å². The van der Waals surface area contributed by atoms with E-state index < -0.39 is 0 Å². The molecule has 0 radical (unpaired) electrons. The molecule has 61 heavy (non-hydrogen) atoms. The molecular formula is C59H41NO. The highest BCUT2D eigenvalue weighted by Crippen LogP contribution is 2.55. The highest BCUT2D eigenvalue weighted by Gasteiger charge is 2.38. The maximum absolute atomic E-state index is 6.85. The molecule has 1 heterocycles. The van der Waals surface area contributed by atoms with Crippen molar-refractivity contribution in [3.8, 4) is 44.5 Å². The number of para-hydroxylation sites is 2. The molecule has 0 saturated heterocycles. The Hall–Kier alpha value is -7.68. The van der Waals surface area contributed by atoms with Crippen LogP contribution in [0.1, 0.15) is 25.0 Å². The highest BCUT2D eigenvalue weighted by atomic mass is 16.3.